The first kappa shape index (κ1) is 34.2. The van der Waals surface area contributed by atoms with Gasteiger partial charge in [-0.2, -0.15) is 0 Å². The van der Waals surface area contributed by atoms with Crippen LogP contribution < -0.4 is 0 Å². The molecule has 0 aliphatic carbocycles. The number of unbranched alkanes of at least 4 members (excludes halogenated alkanes) is 1. The fourth-order valence-corrected chi connectivity index (χ4v) is 6.73. The molecule has 2 atom stereocenters. The lowest BCUT2D eigenvalue weighted by Gasteiger charge is -2.36. The fourth-order valence-electron chi connectivity index (χ4n) is 4.81. The zero-order chi connectivity index (χ0) is 30.1. The smallest absolute Gasteiger partial charge is 0.305 e. The van der Waals surface area contributed by atoms with Crippen LogP contribution in [0.15, 0.2) is 42.5 Å². The van der Waals surface area contributed by atoms with Crippen LogP contribution in [0.4, 0.5) is 0 Å². The summed E-state index contributed by atoms with van der Waals surface area (Å²) in [5.74, 6) is -0.137. The van der Waals surface area contributed by atoms with Crippen LogP contribution in [0.2, 0.25) is 26.2 Å². The van der Waals surface area contributed by atoms with Crippen LogP contribution in [0.25, 0.3) is 12.2 Å². The minimum atomic E-state index is -0.900. The maximum atomic E-state index is 11.4. The van der Waals surface area contributed by atoms with Gasteiger partial charge in [0, 0.05) is 6.42 Å². The number of carbonyl (C=O) groups excluding carboxylic acids is 1. The third kappa shape index (κ3) is 11.5. The van der Waals surface area contributed by atoms with Crippen molar-refractivity contribution in [2.45, 2.75) is 106 Å². The highest BCUT2D eigenvalue weighted by atomic mass is 28.3. The van der Waals surface area contributed by atoms with Gasteiger partial charge >= 0.3 is 5.97 Å². The van der Waals surface area contributed by atoms with Crippen molar-refractivity contribution in [3.05, 3.63) is 70.3 Å². The van der Waals surface area contributed by atoms with Gasteiger partial charge in [0.25, 0.3) is 0 Å². The highest BCUT2D eigenvalue weighted by molar-refractivity contribution is 6.48. The monoisotopic (exact) mass is 580 g/mol. The van der Waals surface area contributed by atoms with Crippen molar-refractivity contribution in [2.75, 3.05) is 7.11 Å². The molecule has 0 aliphatic heterocycles. The molecule has 4 nitrogen and oxygen atoms in total. The third-order valence-electron chi connectivity index (χ3n) is 6.63. The molecule has 6 heteroatoms. The van der Waals surface area contributed by atoms with Crippen LogP contribution in [0.5, 0.6) is 0 Å². The van der Waals surface area contributed by atoms with Crippen LogP contribution in [0.3, 0.4) is 0 Å². The minimum absolute atomic E-state index is 0.00505. The Bertz CT molecular complexity index is 1060. The molecule has 0 fully saturated rings. The highest BCUT2D eigenvalue weighted by Gasteiger charge is 2.32. The Balaban J connectivity index is 2.46. The summed E-state index contributed by atoms with van der Waals surface area (Å²) in [6.07, 6.45) is 7.66. The summed E-state index contributed by atoms with van der Waals surface area (Å²) in [5.41, 5.74) is 5.98. The normalized spacial score (nSPS) is 14.2. The van der Waals surface area contributed by atoms with Crippen molar-refractivity contribution >= 4 is 36.2 Å². The molecule has 0 heterocycles. The van der Waals surface area contributed by atoms with Crippen molar-refractivity contribution in [1.29, 1.82) is 0 Å². The molecule has 0 bridgehead atoms. The van der Waals surface area contributed by atoms with E-state index >= 15 is 0 Å². The molecule has 2 aromatic carbocycles. The second-order valence-corrected chi connectivity index (χ2v) is 17.4. The van der Waals surface area contributed by atoms with Crippen LogP contribution in [-0.2, 0) is 24.8 Å². The van der Waals surface area contributed by atoms with Crippen LogP contribution >= 0.6 is 0 Å². The van der Waals surface area contributed by atoms with Gasteiger partial charge in [-0.15, -0.1) is 0 Å². The molecule has 0 N–H and O–H groups in total. The van der Waals surface area contributed by atoms with Gasteiger partial charge in [-0.25, -0.2) is 0 Å². The molecule has 0 aromatic heterocycles. The molecule has 0 spiro atoms. The van der Waals surface area contributed by atoms with Gasteiger partial charge < -0.3 is 13.6 Å². The first-order chi connectivity index (χ1) is 18.6. The number of hydrogen-bond acceptors (Lipinski definition) is 4. The Morgan fingerprint density at radius 3 is 1.77 bits per heavy atom. The Labute approximate surface area is 248 Å². The average molecular weight is 581 g/mol. The van der Waals surface area contributed by atoms with Gasteiger partial charge in [0.1, 0.15) is 0 Å². The Kier molecular flexibility index (Phi) is 13.1. The van der Waals surface area contributed by atoms with Gasteiger partial charge in [-0.05, 0) is 96.2 Å². The number of hydrogen-bond donors (Lipinski definition) is 0. The van der Waals surface area contributed by atoms with Crippen LogP contribution in [0, 0.1) is 10.8 Å². The van der Waals surface area contributed by atoms with E-state index < -0.39 is 18.1 Å². The van der Waals surface area contributed by atoms with E-state index in [1.807, 2.05) is 0 Å². The lowest BCUT2D eigenvalue weighted by Crippen LogP contribution is -2.28. The van der Waals surface area contributed by atoms with E-state index in [-0.39, 0.29) is 29.0 Å². The van der Waals surface area contributed by atoms with E-state index in [1.165, 1.54) is 29.4 Å². The second-order valence-electron chi connectivity index (χ2n) is 13.3. The maximum absolute atomic E-state index is 11.4. The summed E-state index contributed by atoms with van der Waals surface area (Å²) in [7, 11) is -0.355. The topological polar surface area (TPSA) is 44.8 Å². The minimum Gasteiger partial charge on any atom is -0.469 e. The largest absolute Gasteiger partial charge is 0.469 e. The van der Waals surface area contributed by atoms with Crippen molar-refractivity contribution in [3.8, 4) is 0 Å². The molecule has 0 saturated carbocycles. The SMILES string of the molecule is COC(=O)CCCCc1cccc(C=Cc2cc(C(O[Si](C)C)C(C)(C)C)cc(C(O[Si](C)C)C(C)(C)C)c2)c1. The number of benzene rings is 2. The summed E-state index contributed by atoms with van der Waals surface area (Å²) >= 11 is 0. The van der Waals surface area contributed by atoms with E-state index in [2.05, 4.69) is 122 Å². The lowest BCUT2D eigenvalue weighted by molar-refractivity contribution is -0.140. The quantitative estimate of drug-likeness (QED) is 0.102. The summed E-state index contributed by atoms with van der Waals surface area (Å²) in [5, 5.41) is 0. The molecule has 2 unspecified atom stereocenters. The zero-order valence-corrected chi connectivity index (χ0v) is 28.8. The first-order valence-corrected chi connectivity index (χ1v) is 19.3. The lowest BCUT2D eigenvalue weighted by atomic mass is 9.80. The van der Waals surface area contributed by atoms with E-state index in [0.717, 1.165) is 24.8 Å². The van der Waals surface area contributed by atoms with E-state index in [4.69, 9.17) is 13.6 Å². The molecule has 220 valence electrons. The van der Waals surface area contributed by atoms with Gasteiger partial charge in [0.2, 0.25) is 18.1 Å². The highest BCUT2D eigenvalue weighted by Crippen LogP contribution is 2.42. The number of ether oxygens (including phenoxy) is 1. The second kappa shape index (κ2) is 15.3. The van der Waals surface area contributed by atoms with Crippen molar-refractivity contribution in [3.63, 3.8) is 0 Å². The molecular formula is C34H52O4Si2. The standard InChI is InChI=1S/C34H52O4Si2/c1-33(2,3)31(37-39(8)9)28-22-27(23-29(24-28)32(34(4,5)6)38-40(10)11)20-19-26-17-14-16-25(21-26)15-12-13-18-30(35)36-7/h14,16-17,19-24,31-32H,12-13,15,18H2,1-11H3. The van der Waals surface area contributed by atoms with Crippen molar-refractivity contribution < 1.29 is 18.4 Å². The number of carbonyl (C=O) groups is 1. The number of aryl methyl sites for hydroxylation is 1. The fraction of sp³-hybridized carbons (Fsp3) is 0.559. The Morgan fingerprint density at radius 1 is 0.775 bits per heavy atom. The van der Waals surface area contributed by atoms with Gasteiger partial charge in [-0.1, -0.05) is 84.0 Å². The molecule has 0 aliphatic rings. The average Bonchev–Trinajstić information content (AvgIpc) is 2.85. The zero-order valence-electron chi connectivity index (χ0n) is 26.8. The Hall–Kier alpha value is -2.00. The van der Waals surface area contributed by atoms with Gasteiger partial charge in [-0.3, -0.25) is 4.79 Å². The number of rotatable bonds is 13. The molecule has 0 saturated heterocycles. The summed E-state index contributed by atoms with van der Waals surface area (Å²) in [6.45, 7) is 22.4. The predicted octanol–water partition coefficient (Wildman–Crippen LogP) is 9.45. The first-order valence-electron chi connectivity index (χ1n) is 14.5. The number of methoxy groups -OCH3 is 1. The molecule has 40 heavy (non-hydrogen) atoms. The molecule has 0 amide bonds. The third-order valence-corrected chi connectivity index (χ3v) is 8.04. The summed E-state index contributed by atoms with van der Waals surface area (Å²) < 4.78 is 18.0. The predicted molar refractivity (Wildman–Crippen MR) is 173 cm³/mol. The summed E-state index contributed by atoms with van der Waals surface area (Å²) in [4.78, 5) is 11.4. The molecular weight excluding hydrogens is 529 g/mol. The van der Waals surface area contributed by atoms with Gasteiger partial charge in [0.15, 0.2) is 0 Å². The van der Waals surface area contributed by atoms with E-state index in [1.54, 1.807) is 0 Å². The molecule has 2 rings (SSSR count). The molecule has 2 radical (unpaired) electrons. The van der Waals surface area contributed by atoms with E-state index in [9.17, 15) is 4.79 Å². The van der Waals surface area contributed by atoms with Crippen LogP contribution in [0.1, 0.15) is 101 Å². The van der Waals surface area contributed by atoms with Crippen LogP contribution in [-0.4, -0.2) is 31.2 Å². The number of esters is 1. The molecule has 2 aromatic rings. The summed E-state index contributed by atoms with van der Waals surface area (Å²) in [6, 6.07) is 15.6. The van der Waals surface area contributed by atoms with E-state index in [0.29, 0.717) is 6.42 Å². The van der Waals surface area contributed by atoms with Crippen molar-refractivity contribution in [1.82, 2.24) is 0 Å². The maximum Gasteiger partial charge on any atom is 0.305 e. The Morgan fingerprint density at radius 2 is 1.30 bits per heavy atom. The van der Waals surface area contributed by atoms with Gasteiger partial charge in [0.05, 0.1) is 19.3 Å². The van der Waals surface area contributed by atoms with Crippen molar-refractivity contribution in [2.24, 2.45) is 10.8 Å².